The Balaban J connectivity index is 2.38. The lowest BCUT2D eigenvalue weighted by molar-refractivity contribution is 1.15. The van der Waals surface area contributed by atoms with Crippen molar-refractivity contribution in [2.45, 2.75) is 13.8 Å². The third-order valence-corrected chi connectivity index (χ3v) is 3.18. The second kappa shape index (κ2) is 3.98. The Morgan fingerprint density at radius 2 is 2.33 bits per heavy atom. The lowest BCUT2D eigenvalue weighted by Gasteiger charge is -2.05. The number of nitrogens with one attached hydrogen (secondary N) is 1. The summed E-state index contributed by atoms with van der Waals surface area (Å²) in [6.45, 7) is 8.66. The minimum Gasteiger partial charge on any atom is -0.365 e. The van der Waals surface area contributed by atoms with Crippen LogP contribution in [0, 0.1) is 6.92 Å². The summed E-state index contributed by atoms with van der Waals surface area (Å²) in [4.78, 5) is 8.50. The molecule has 3 nitrogen and oxygen atoms in total. The molecule has 2 aromatic heterocycles. The normalized spacial score (nSPS) is 10.5. The summed E-state index contributed by atoms with van der Waals surface area (Å²) in [5.74, 6) is 0.904. The Morgan fingerprint density at radius 3 is 3.07 bits per heavy atom. The van der Waals surface area contributed by atoms with E-state index in [1.807, 2.05) is 6.92 Å². The van der Waals surface area contributed by atoms with E-state index in [-0.39, 0.29) is 0 Å². The molecule has 0 spiro atoms. The number of aryl methyl sites for hydroxylation is 1. The standard InChI is InChI=1S/C11H13N3S/c1-7(2)4-12-11-10-9(13-6-14-11)8(3)5-15-10/h5-6H,1,4H2,2-3H3,(H,12,13,14). The van der Waals surface area contributed by atoms with Crippen molar-refractivity contribution in [3.05, 3.63) is 29.4 Å². The largest absolute Gasteiger partial charge is 0.365 e. The molecule has 2 aromatic rings. The maximum atomic E-state index is 4.27. The Hall–Kier alpha value is -1.42. The first-order chi connectivity index (χ1) is 7.18. The van der Waals surface area contributed by atoms with Gasteiger partial charge in [0.25, 0.3) is 0 Å². The molecule has 2 rings (SSSR count). The van der Waals surface area contributed by atoms with E-state index in [4.69, 9.17) is 0 Å². The van der Waals surface area contributed by atoms with E-state index in [0.29, 0.717) is 0 Å². The fourth-order valence-electron chi connectivity index (χ4n) is 1.33. The molecule has 15 heavy (non-hydrogen) atoms. The van der Waals surface area contributed by atoms with Gasteiger partial charge in [0.2, 0.25) is 0 Å². The first-order valence-corrected chi connectivity index (χ1v) is 5.63. The van der Waals surface area contributed by atoms with Crippen LogP contribution in [0.2, 0.25) is 0 Å². The summed E-state index contributed by atoms with van der Waals surface area (Å²) in [7, 11) is 0. The lowest BCUT2D eigenvalue weighted by Crippen LogP contribution is -2.03. The lowest BCUT2D eigenvalue weighted by atomic mass is 10.3. The van der Waals surface area contributed by atoms with Crippen molar-refractivity contribution in [2.24, 2.45) is 0 Å². The predicted octanol–water partition coefficient (Wildman–Crippen LogP) is 2.99. The van der Waals surface area contributed by atoms with Gasteiger partial charge < -0.3 is 5.32 Å². The molecule has 0 aliphatic heterocycles. The van der Waals surface area contributed by atoms with E-state index in [0.717, 1.165) is 28.2 Å². The van der Waals surface area contributed by atoms with E-state index in [1.54, 1.807) is 17.7 Å². The Bertz CT molecular complexity index is 502. The van der Waals surface area contributed by atoms with E-state index < -0.39 is 0 Å². The summed E-state index contributed by atoms with van der Waals surface area (Å²) >= 11 is 1.68. The molecular weight excluding hydrogens is 206 g/mol. The fraction of sp³-hybridized carbons (Fsp3) is 0.273. The van der Waals surface area contributed by atoms with Crippen LogP contribution in [0.4, 0.5) is 5.82 Å². The molecule has 0 saturated carbocycles. The van der Waals surface area contributed by atoms with Gasteiger partial charge in [-0.05, 0) is 24.8 Å². The van der Waals surface area contributed by atoms with Crippen molar-refractivity contribution in [3.63, 3.8) is 0 Å². The second-order valence-corrected chi connectivity index (χ2v) is 4.51. The number of hydrogen-bond acceptors (Lipinski definition) is 4. The van der Waals surface area contributed by atoms with Crippen LogP contribution in [0.5, 0.6) is 0 Å². The number of fused-ring (bicyclic) bond motifs is 1. The molecule has 0 fully saturated rings. The van der Waals surface area contributed by atoms with Gasteiger partial charge in [0, 0.05) is 6.54 Å². The maximum Gasteiger partial charge on any atom is 0.147 e. The molecular formula is C11H13N3S. The smallest absolute Gasteiger partial charge is 0.147 e. The van der Waals surface area contributed by atoms with Crippen molar-refractivity contribution in [3.8, 4) is 0 Å². The molecule has 0 saturated heterocycles. The molecule has 0 amide bonds. The van der Waals surface area contributed by atoms with Gasteiger partial charge in [-0.15, -0.1) is 11.3 Å². The van der Waals surface area contributed by atoms with Gasteiger partial charge in [-0.3, -0.25) is 0 Å². The number of aromatic nitrogens is 2. The first-order valence-electron chi connectivity index (χ1n) is 4.75. The maximum absolute atomic E-state index is 4.27. The van der Waals surface area contributed by atoms with Crippen LogP contribution in [-0.4, -0.2) is 16.5 Å². The average Bonchev–Trinajstić information content (AvgIpc) is 2.58. The molecule has 0 atom stereocenters. The summed E-state index contributed by atoms with van der Waals surface area (Å²) in [5, 5.41) is 5.36. The molecule has 0 aromatic carbocycles. The van der Waals surface area contributed by atoms with Crippen molar-refractivity contribution < 1.29 is 0 Å². The fourth-order valence-corrected chi connectivity index (χ4v) is 2.30. The van der Waals surface area contributed by atoms with Gasteiger partial charge >= 0.3 is 0 Å². The highest BCUT2D eigenvalue weighted by Gasteiger charge is 2.06. The molecule has 0 radical (unpaired) electrons. The molecule has 0 bridgehead atoms. The zero-order chi connectivity index (χ0) is 10.8. The van der Waals surface area contributed by atoms with E-state index in [9.17, 15) is 0 Å². The topological polar surface area (TPSA) is 37.8 Å². The number of hydrogen-bond donors (Lipinski definition) is 1. The molecule has 1 N–H and O–H groups in total. The van der Waals surface area contributed by atoms with Crippen LogP contribution in [0.3, 0.4) is 0 Å². The molecule has 78 valence electrons. The zero-order valence-corrected chi connectivity index (χ0v) is 9.69. The van der Waals surface area contributed by atoms with Gasteiger partial charge in [-0.1, -0.05) is 12.2 Å². The SMILES string of the molecule is C=C(C)CNc1ncnc2c(C)csc12. The molecule has 0 aliphatic rings. The summed E-state index contributed by atoms with van der Waals surface area (Å²) in [6.07, 6.45) is 1.60. The van der Waals surface area contributed by atoms with Gasteiger partial charge in [-0.2, -0.15) is 0 Å². The van der Waals surface area contributed by atoms with Gasteiger partial charge in [-0.25, -0.2) is 9.97 Å². The number of anilines is 1. The van der Waals surface area contributed by atoms with Crippen LogP contribution in [0.25, 0.3) is 10.2 Å². The summed E-state index contributed by atoms with van der Waals surface area (Å²) < 4.78 is 1.12. The third-order valence-electron chi connectivity index (χ3n) is 2.09. The van der Waals surface area contributed by atoms with Crippen LogP contribution >= 0.6 is 11.3 Å². The van der Waals surface area contributed by atoms with Crippen molar-refractivity contribution in [1.82, 2.24) is 9.97 Å². The minimum absolute atomic E-state index is 0.753. The summed E-state index contributed by atoms with van der Waals surface area (Å²) in [6, 6.07) is 0. The molecule has 4 heteroatoms. The van der Waals surface area contributed by atoms with Gasteiger partial charge in [0.15, 0.2) is 0 Å². The van der Waals surface area contributed by atoms with Crippen LogP contribution in [0.1, 0.15) is 12.5 Å². The average molecular weight is 219 g/mol. The van der Waals surface area contributed by atoms with E-state index >= 15 is 0 Å². The summed E-state index contributed by atoms with van der Waals surface area (Å²) in [5.41, 5.74) is 3.34. The van der Waals surface area contributed by atoms with Crippen molar-refractivity contribution in [2.75, 3.05) is 11.9 Å². The highest BCUT2D eigenvalue weighted by atomic mass is 32.1. The highest BCUT2D eigenvalue weighted by Crippen LogP contribution is 2.28. The quantitative estimate of drug-likeness (QED) is 0.806. The van der Waals surface area contributed by atoms with Crippen LogP contribution < -0.4 is 5.32 Å². The Labute approximate surface area is 92.9 Å². The van der Waals surface area contributed by atoms with E-state index in [1.165, 1.54) is 5.56 Å². The zero-order valence-electron chi connectivity index (χ0n) is 8.87. The molecule has 0 aliphatic carbocycles. The molecule has 2 heterocycles. The predicted molar refractivity (Wildman–Crippen MR) is 65.5 cm³/mol. The monoisotopic (exact) mass is 219 g/mol. The Kier molecular flexibility index (Phi) is 2.68. The second-order valence-electron chi connectivity index (χ2n) is 3.63. The molecule has 0 unspecified atom stereocenters. The van der Waals surface area contributed by atoms with Crippen molar-refractivity contribution >= 4 is 27.4 Å². The number of thiophene rings is 1. The highest BCUT2D eigenvalue weighted by molar-refractivity contribution is 7.18. The third kappa shape index (κ3) is 1.99. The minimum atomic E-state index is 0.753. The Morgan fingerprint density at radius 1 is 1.53 bits per heavy atom. The van der Waals surface area contributed by atoms with Crippen molar-refractivity contribution in [1.29, 1.82) is 0 Å². The van der Waals surface area contributed by atoms with Crippen LogP contribution in [-0.2, 0) is 0 Å². The van der Waals surface area contributed by atoms with E-state index in [2.05, 4.69) is 34.2 Å². The van der Waals surface area contributed by atoms with Gasteiger partial charge in [0.1, 0.15) is 12.1 Å². The number of rotatable bonds is 3. The van der Waals surface area contributed by atoms with Gasteiger partial charge in [0.05, 0.1) is 10.2 Å². The van der Waals surface area contributed by atoms with Crippen LogP contribution in [0.15, 0.2) is 23.9 Å². The number of nitrogens with zero attached hydrogens (tertiary/aromatic N) is 2. The first kappa shape index (κ1) is 10.1.